The number of pyridine rings is 1. The molecule has 2 rings (SSSR count). The van der Waals surface area contributed by atoms with Gasteiger partial charge in [-0.3, -0.25) is 0 Å². The summed E-state index contributed by atoms with van der Waals surface area (Å²) in [6, 6.07) is 1.30. The summed E-state index contributed by atoms with van der Waals surface area (Å²) < 4.78 is 13.6. The van der Waals surface area contributed by atoms with Crippen molar-refractivity contribution < 1.29 is 4.39 Å². The van der Waals surface area contributed by atoms with Gasteiger partial charge >= 0.3 is 0 Å². The molecule has 0 spiro atoms. The van der Waals surface area contributed by atoms with Crippen LogP contribution in [0.3, 0.4) is 0 Å². The second kappa shape index (κ2) is 5.19. The minimum atomic E-state index is -0.348. The van der Waals surface area contributed by atoms with Crippen molar-refractivity contribution in [3.63, 3.8) is 0 Å². The minimum absolute atomic E-state index is 0.331. The summed E-state index contributed by atoms with van der Waals surface area (Å²) in [6.07, 6.45) is 3.51. The lowest BCUT2D eigenvalue weighted by Gasteiger charge is -2.17. The number of aromatic nitrogens is 1. The van der Waals surface area contributed by atoms with Crippen LogP contribution in [-0.2, 0) is 0 Å². The molecule has 0 N–H and O–H groups in total. The number of halogens is 3. The molecule has 0 aromatic carbocycles. The fourth-order valence-corrected chi connectivity index (χ4v) is 2.51. The quantitative estimate of drug-likeness (QED) is 0.777. The predicted octanol–water partition coefficient (Wildman–Crippen LogP) is 3.33. The van der Waals surface area contributed by atoms with E-state index in [2.05, 4.69) is 4.98 Å². The van der Waals surface area contributed by atoms with E-state index in [1.807, 2.05) is 4.90 Å². The lowest BCUT2D eigenvalue weighted by Crippen LogP contribution is -2.22. The Hall–Kier alpha value is -0.540. The summed E-state index contributed by atoms with van der Waals surface area (Å²) in [5, 5.41) is 0.331. The second-order valence-corrected chi connectivity index (χ2v) is 4.85. The molecule has 5 heteroatoms. The van der Waals surface area contributed by atoms with Crippen molar-refractivity contribution in [2.45, 2.75) is 12.8 Å². The molecule has 0 radical (unpaired) electrons. The first-order chi connectivity index (χ1) is 7.70. The normalized spacial score (nSPS) is 20.4. The highest BCUT2D eigenvalue weighted by Gasteiger charge is 2.24. The Labute approximate surface area is 104 Å². The summed E-state index contributed by atoms with van der Waals surface area (Å²) in [5.74, 6) is 1.27. The van der Waals surface area contributed by atoms with Gasteiger partial charge in [-0.05, 0) is 24.8 Å². The van der Waals surface area contributed by atoms with Gasteiger partial charge in [0.15, 0.2) is 11.6 Å². The van der Waals surface area contributed by atoms with Gasteiger partial charge in [0.05, 0.1) is 5.02 Å². The van der Waals surface area contributed by atoms with Crippen molar-refractivity contribution in [3.8, 4) is 0 Å². The Bertz CT molecular complexity index is 373. The van der Waals surface area contributed by atoms with E-state index < -0.39 is 0 Å². The first-order valence-corrected chi connectivity index (χ1v) is 6.24. The average Bonchev–Trinajstić information content (AvgIpc) is 2.67. The molecular formula is C11H13Cl2FN2. The zero-order chi connectivity index (χ0) is 11.5. The van der Waals surface area contributed by atoms with Crippen LogP contribution in [0.25, 0.3) is 0 Å². The molecule has 0 bridgehead atoms. The largest absolute Gasteiger partial charge is 0.354 e. The van der Waals surface area contributed by atoms with E-state index in [4.69, 9.17) is 23.2 Å². The number of nitrogens with zero attached hydrogens (tertiary/aromatic N) is 2. The van der Waals surface area contributed by atoms with E-state index in [0.29, 0.717) is 22.6 Å². The van der Waals surface area contributed by atoms with Crippen molar-refractivity contribution in [1.29, 1.82) is 0 Å². The van der Waals surface area contributed by atoms with Crippen LogP contribution < -0.4 is 4.90 Å². The second-order valence-electron chi connectivity index (χ2n) is 4.04. The molecule has 0 amide bonds. The van der Waals surface area contributed by atoms with Gasteiger partial charge in [0.1, 0.15) is 0 Å². The van der Waals surface area contributed by atoms with Gasteiger partial charge in [-0.25, -0.2) is 9.37 Å². The Kier molecular flexibility index (Phi) is 3.87. The topological polar surface area (TPSA) is 16.1 Å². The summed E-state index contributed by atoms with van der Waals surface area (Å²) >= 11 is 11.4. The lowest BCUT2D eigenvalue weighted by atomic mass is 10.1. The Morgan fingerprint density at radius 1 is 1.56 bits per heavy atom. The highest BCUT2D eigenvalue weighted by atomic mass is 35.5. The standard InChI is InChI=1S/C11H13Cl2FN2/c12-3-1-8-2-4-16(7-8)11-10(14)5-9(13)6-15-11/h5-6,8H,1-4,7H2. The maximum Gasteiger partial charge on any atom is 0.167 e. The predicted molar refractivity (Wildman–Crippen MR) is 64.9 cm³/mol. The summed E-state index contributed by atoms with van der Waals surface area (Å²) in [7, 11) is 0. The summed E-state index contributed by atoms with van der Waals surface area (Å²) in [4.78, 5) is 6.00. The number of hydrogen-bond donors (Lipinski definition) is 0. The van der Waals surface area contributed by atoms with Gasteiger partial charge in [0, 0.05) is 25.2 Å². The van der Waals surface area contributed by atoms with E-state index in [1.54, 1.807) is 0 Å². The SMILES string of the molecule is Fc1cc(Cl)cnc1N1CCC(CCCl)C1. The van der Waals surface area contributed by atoms with Crippen molar-refractivity contribution in [1.82, 2.24) is 4.98 Å². The highest BCUT2D eigenvalue weighted by Crippen LogP contribution is 2.27. The van der Waals surface area contributed by atoms with Crippen molar-refractivity contribution in [2.24, 2.45) is 5.92 Å². The lowest BCUT2D eigenvalue weighted by molar-refractivity contribution is 0.569. The van der Waals surface area contributed by atoms with E-state index in [0.717, 1.165) is 25.9 Å². The molecule has 1 saturated heterocycles. The van der Waals surface area contributed by atoms with Crippen molar-refractivity contribution in [3.05, 3.63) is 23.1 Å². The van der Waals surface area contributed by atoms with Gasteiger partial charge in [0.25, 0.3) is 0 Å². The average molecular weight is 263 g/mol. The fourth-order valence-electron chi connectivity index (χ4n) is 2.06. The van der Waals surface area contributed by atoms with E-state index >= 15 is 0 Å². The van der Waals surface area contributed by atoms with Crippen LogP contribution in [-0.4, -0.2) is 24.0 Å². The molecule has 1 aliphatic heterocycles. The molecule has 1 unspecified atom stereocenters. The molecule has 1 aliphatic rings. The molecule has 0 saturated carbocycles. The molecule has 88 valence electrons. The summed E-state index contributed by atoms with van der Waals surface area (Å²) in [6.45, 7) is 1.67. The first kappa shape index (κ1) is 11.9. The van der Waals surface area contributed by atoms with E-state index in [9.17, 15) is 4.39 Å². The molecule has 0 aliphatic carbocycles. The molecular weight excluding hydrogens is 250 g/mol. The molecule has 1 fully saturated rings. The zero-order valence-corrected chi connectivity index (χ0v) is 10.3. The van der Waals surface area contributed by atoms with E-state index in [-0.39, 0.29) is 5.82 Å². The number of hydrogen-bond acceptors (Lipinski definition) is 2. The monoisotopic (exact) mass is 262 g/mol. The fraction of sp³-hybridized carbons (Fsp3) is 0.545. The minimum Gasteiger partial charge on any atom is -0.354 e. The van der Waals surface area contributed by atoms with Crippen molar-refractivity contribution >= 4 is 29.0 Å². The Morgan fingerprint density at radius 2 is 2.38 bits per heavy atom. The van der Waals surface area contributed by atoms with Crippen LogP contribution >= 0.6 is 23.2 Å². The molecule has 2 nitrogen and oxygen atoms in total. The van der Waals surface area contributed by atoms with Gasteiger partial charge in [0.2, 0.25) is 0 Å². The van der Waals surface area contributed by atoms with Gasteiger partial charge in [-0.1, -0.05) is 11.6 Å². The third-order valence-corrected chi connectivity index (χ3v) is 3.32. The zero-order valence-electron chi connectivity index (χ0n) is 8.80. The Morgan fingerprint density at radius 3 is 3.06 bits per heavy atom. The molecule has 16 heavy (non-hydrogen) atoms. The number of alkyl halides is 1. The smallest absolute Gasteiger partial charge is 0.167 e. The summed E-state index contributed by atoms with van der Waals surface area (Å²) in [5.41, 5.74) is 0. The highest BCUT2D eigenvalue weighted by molar-refractivity contribution is 6.30. The van der Waals surface area contributed by atoms with Crippen LogP contribution in [0.1, 0.15) is 12.8 Å². The van der Waals surface area contributed by atoms with Gasteiger partial charge in [-0.2, -0.15) is 0 Å². The van der Waals surface area contributed by atoms with Gasteiger partial charge in [-0.15, -0.1) is 11.6 Å². The van der Waals surface area contributed by atoms with Crippen molar-refractivity contribution in [2.75, 3.05) is 23.9 Å². The Balaban J connectivity index is 2.08. The van der Waals surface area contributed by atoms with Crippen LogP contribution in [0, 0.1) is 11.7 Å². The molecule has 1 aromatic rings. The number of anilines is 1. The third-order valence-electron chi connectivity index (χ3n) is 2.89. The maximum atomic E-state index is 13.6. The first-order valence-electron chi connectivity index (χ1n) is 5.32. The number of rotatable bonds is 3. The van der Waals surface area contributed by atoms with Crippen LogP contribution in [0.5, 0.6) is 0 Å². The van der Waals surface area contributed by atoms with E-state index in [1.165, 1.54) is 12.3 Å². The van der Waals surface area contributed by atoms with Crippen LogP contribution in [0.4, 0.5) is 10.2 Å². The maximum absolute atomic E-state index is 13.6. The van der Waals surface area contributed by atoms with Crippen LogP contribution in [0.15, 0.2) is 12.3 Å². The molecule has 1 aromatic heterocycles. The molecule has 2 heterocycles. The third kappa shape index (κ3) is 2.58. The molecule has 1 atom stereocenters. The van der Waals surface area contributed by atoms with Crippen LogP contribution in [0.2, 0.25) is 5.02 Å². The van der Waals surface area contributed by atoms with Gasteiger partial charge < -0.3 is 4.90 Å².